The molecule has 0 amide bonds. The van der Waals surface area contributed by atoms with Crippen molar-refractivity contribution in [1.29, 1.82) is 0 Å². The summed E-state index contributed by atoms with van der Waals surface area (Å²) in [7, 11) is -3.81. The van der Waals surface area contributed by atoms with Crippen LogP contribution in [0.1, 0.15) is 12.5 Å². The zero-order valence-corrected chi connectivity index (χ0v) is 15.8. The molecule has 0 spiro atoms. The van der Waals surface area contributed by atoms with Crippen LogP contribution >= 0.6 is 23.2 Å². The van der Waals surface area contributed by atoms with Crippen molar-refractivity contribution in [1.82, 2.24) is 4.90 Å². The fourth-order valence-corrected chi connectivity index (χ4v) is 4.23. The number of hydrogen-bond donors (Lipinski definition) is 0. The summed E-state index contributed by atoms with van der Waals surface area (Å²) >= 11 is 12.0. The van der Waals surface area contributed by atoms with Gasteiger partial charge in [-0.15, -0.1) is 0 Å². The van der Waals surface area contributed by atoms with E-state index in [0.717, 1.165) is 5.56 Å². The van der Waals surface area contributed by atoms with Crippen LogP contribution in [0.3, 0.4) is 0 Å². The molecule has 3 rings (SSSR count). The smallest absolute Gasteiger partial charge is 0.282 e. The van der Waals surface area contributed by atoms with Crippen LogP contribution in [0.5, 0.6) is 0 Å². The highest BCUT2D eigenvalue weighted by molar-refractivity contribution is 7.90. The van der Waals surface area contributed by atoms with E-state index in [4.69, 9.17) is 23.2 Å². The Morgan fingerprint density at radius 3 is 2.16 bits per heavy atom. The molecule has 1 fully saturated rings. The zero-order valence-electron chi connectivity index (χ0n) is 13.4. The number of benzene rings is 2. The summed E-state index contributed by atoms with van der Waals surface area (Å²) in [6.07, 6.45) is 0. The third-order valence-corrected chi connectivity index (χ3v) is 5.69. The van der Waals surface area contributed by atoms with Crippen molar-refractivity contribution in [2.24, 2.45) is 4.40 Å². The summed E-state index contributed by atoms with van der Waals surface area (Å²) in [6.45, 7) is 2.45. The Labute approximate surface area is 157 Å². The highest BCUT2D eigenvalue weighted by Gasteiger charge is 2.40. The Hall–Kier alpha value is -1.82. The van der Waals surface area contributed by atoms with Crippen molar-refractivity contribution in [3.8, 4) is 0 Å². The summed E-state index contributed by atoms with van der Waals surface area (Å²) in [5.41, 5.74) is 1.91. The zero-order chi connectivity index (χ0) is 18.0. The minimum Gasteiger partial charge on any atom is -0.355 e. The number of nitrogens with zero attached hydrogens (tertiary/aromatic N) is 2. The van der Waals surface area contributed by atoms with E-state index in [1.807, 2.05) is 42.2 Å². The van der Waals surface area contributed by atoms with Gasteiger partial charge < -0.3 is 4.90 Å². The first-order valence-electron chi connectivity index (χ1n) is 7.66. The van der Waals surface area contributed by atoms with Gasteiger partial charge in [0.05, 0.1) is 16.6 Å². The van der Waals surface area contributed by atoms with Crippen LogP contribution in [0.4, 0.5) is 0 Å². The summed E-state index contributed by atoms with van der Waals surface area (Å²) < 4.78 is 29.0. The van der Waals surface area contributed by atoms with E-state index in [0.29, 0.717) is 18.0 Å². The minimum atomic E-state index is -3.81. The molecule has 2 aromatic rings. The Balaban J connectivity index is 1.92. The molecule has 1 atom stereocenters. The molecule has 1 aliphatic rings. The average Bonchev–Trinajstić information content (AvgIpc) is 2.61. The maximum absolute atomic E-state index is 12.5. The lowest BCUT2D eigenvalue weighted by Crippen LogP contribution is -2.53. The van der Waals surface area contributed by atoms with Gasteiger partial charge in [0, 0.05) is 6.54 Å². The van der Waals surface area contributed by atoms with E-state index >= 15 is 0 Å². The second-order valence-corrected chi connectivity index (χ2v) is 8.22. The molecule has 1 aliphatic heterocycles. The molecule has 7 heteroatoms. The van der Waals surface area contributed by atoms with Crippen molar-refractivity contribution in [2.75, 3.05) is 0 Å². The molecule has 130 valence electrons. The molecule has 2 aromatic carbocycles. The van der Waals surface area contributed by atoms with Crippen LogP contribution in [0.15, 0.2) is 80.1 Å². The van der Waals surface area contributed by atoms with Gasteiger partial charge in [0.25, 0.3) is 10.0 Å². The van der Waals surface area contributed by atoms with Crippen LogP contribution < -0.4 is 0 Å². The quantitative estimate of drug-likeness (QED) is 0.773. The standard InChI is InChI=1S/C18H16Cl2N2O2S/c1-13-16(21-25(23,24)15-10-6-3-7-11-15)17(18(19)20)22(13)12-14-8-4-2-5-9-14/h2-11,13H,12H2,1H3/b21-16+. The third-order valence-electron chi connectivity index (χ3n) is 4.03. The van der Waals surface area contributed by atoms with Gasteiger partial charge in [-0.2, -0.15) is 12.8 Å². The van der Waals surface area contributed by atoms with Gasteiger partial charge in [-0.3, -0.25) is 0 Å². The van der Waals surface area contributed by atoms with Crippen LogP contribution in [-0.2, 0) is 16.6 Å². The fraction of sp³-hybridized carbons (Fsp3) is 0.167. The SMILES string of the molecule is CC1/C(=N\S(=O)(=O)c2ccccc2)C(=C(Cl)Cl)N1Cc1ccccc1. The van der Waals surface area contributed by atoms with Crippen LogP contribution in [0.2, 0.25) is 0 Å². The maximum atomic E-state index is 12.5. The summed E-state index contributed by atoms with van der Waals surface area (Å²) in [5.74, 6) is 0. The first kappa shape index (κ1) is 18.0. The fourth-order valence-electron chi connectivity index (χ4n) is 2.72. The molecule has 0 aromatic heterocycles. The monoisotopic (exact) mass is 394 g/mol. The third kappa shape index (κ3) is 3.73. The Morgan fingerprint density at radius 1 is 1.04 bits per heavy atom. The normalized spacial score (nSPS) is 19.0. The molecular weight excluding hydrogens is 379 g/mol. The molecule has 4 nitrogen and oxygen atoms in total. The number of hydrogen-bond acceptors (Lipinski definition) is 3. The van der Waals surface area contributed by atoms with Crippen molar-refractivity contribution in [3.63, 3.8) is 0 Å². The van der Waals surface area contributed by atoms with Crippen molar-refractivity contribution < 1.29 is 8.42 Å². The number of rotatable bonds is 4. The van der Waals surface area contributed by atoms with Crippen molar-refractivity contribution in [2.45, 2.75) is 24.4 Å². The van der Waals surface area contributed by atoms with Gasteiger partial charge in [0.2, 0.25) is 0 Å². The summed E-state index contributed by atoms with van der Waals surface area (Å²) in [4.78, 5) is 2.07. The first-order chi connectivity index (χ1) is 11.9. The minimum absolute atomic E-state index is 0.0102. The largest absolute Gasteiger partial charge is 0.355 e. The van der Waals surface area contributed by atoms with Gasteiger partial charge in [-0.25, -0.2) is 0 Å². The molecule has 1 heterocycles. The van der Waals surface area contributed by atoms with Gasteiger partial charge in [0.1, 0.15) is 10.2 Å². The van der Waals surface area contributed by atoms with Crippen LogP contribution in [-0.4, -0.2) is 25.1 Å². The summed E-state index contributed by atoms with van der Waals surface area (Å²) in [5, 5.41) is 0. The molecule has 0 bridgehead atoms. The molecule has 0 aliphatic carbocycles. The highest BCUT2D eigenvalue weighted by Crippen LogP contribution is 2.35. The number of likely N-dealkylation sites (tertiary alicyclic amines) is 1. The second-order valence-electron chi connectivity index (χ2n) is 5.66. The highest BCUT2D eigenvalue weighted by atomic mass is 35.5. The van der Waals surface area contributed by atoms with Crippen LogP contribution in [0, 0.1) is 0 Å². The van der Waals surface area contributed by atoms with E-state index in [-0.39, 0.29) is 15.4 Å². The number of sulfonamides is 1. The predicted molar refractivity (Wildman–Crippen MR) is 101 cm³/mol. The lowest BCUT2D eigenvalue weighted by Gasteiger charge is -2.44. The second kappa shape index (κ2) is 7.20. The molecule has 0 N–H and O–H groups in total. The topological polar surface area (TPSA) is 49.7 Å². The van der Waals surface area contributed by atoms with Crippen LogP contribution in [0.25, 0.3) is 0 Å². The van der Waals surface area contributed by atoms with Gasteiger partial charge in [0.15, 0.2) is 0 Å². The van der Waals surface area contributed by atoms with E-state index < -0.39 is 10.0 Å². The van der Waals surface area contributed by atoms with Gasteiger partial charge in [-0.05, 0) is 24.6 Å². The van der Waals surface area contributed by atoms with Crippen molar-refractivity contribution in [3.05, 3.63) is 76.4 Å². The Morgan fingerprint density at radius 2 is 1.60 bits per heavy atom. The molecule has 1 unspecified atom stereocenters. The number of halogens is 2. The molecule has 25 heavy (non-hydrogen) atoms. The lowest BCUT2D eigenvalue weighted by atomic mass is 9.97. The maximum Gasteiger partial charge on any atom is 0.282 e. The summed E-state index contributed by atoms with van der Waals surface area (Å²) in [6, 6.07) is 17.7. The Kier molecular flexibility index (Phi) is 5.18. The van der Waals surface area contributed by atoms with Crippen molar-refractivity contribution >= 4 is 38.9 Å². The van der Waals surface area contributed by atoms with E-state index in [1.54, 1.807) is 18.2 Å². The van der Waals surface area contributed by atoms with E-state index in [1.165, 1.54) is 12.1 Å². The van der Waals surface area contributed by atoms with E-state index in [9.17, 15) is 8.42 Å². The first-order valence-corrected chi connectivity index (χ1v) is 9.86. The van der Waals surface area contributed by atoms with Gasteiger partial charge >= 0.3 is 0 Å². The molecular formula is C18H16Cl2N2O2S. The molecule has 1 saturated heterocycles. The van der Waals surface area contributed by atoms with E-state index in [2.05, 4.69) is 4.40 Å². The molecule has 0 radical (unpaired) electrons. The predicted octanol–water partition coefficient (Wildman–Crippen LogP) is 4.37. The van der Waals surface area contributed by atoms with Gasteiger partial charge in [-0.1, -0.05) is 71.7 Å². The molecule has 0 saturated carbocycles. The average molecular weight is 395 g/mol. The lowest BCUT2D eigenvalue weighted by molar-refractivity contribution is 0.282. The Bertz CT molecular complexity index is 922.